The van der Waals surface area contributed by atoms with Crippen LogP contribution in [0.5, 0.6) is 0 Å². The number of halogens is 3. The molecule has 4 atom stereocenters. The van der Waals surface area contributed by atoms with Gasteiger partial charge in [-0.15, -0.1) is 0 Å². The zero-order valence-electron chi connectivity index (χ0n) is 13.3. The Hall–Kier alpha value is -1.33. The molecule has 0 heterocycles. The molecule has 0 aromatic carbocycles. The largest absolute Gasteiger partial charge is 0.478 e. The molecule has 0 aliphatic carbocycles. The average molecular weight is 426 g/mol. The summed E-state index contributed by atoms with van der Waals surface area (Å²) < 4.78 is 13.9. The summed E-state index contributed by atoms with van der Waals surface area (Å²) in [5.41, 5.74) is 0. The Morgan fingerprint density at radius 1 is 0.680 bits per heavy atom. The minimum absolute atomic E-state index is 0.681. The maximum atomic E-state index is 12.1. The first-order valence-corrected chi connectivity index (χ1v) is 7.41. The molecule has 0 aliphatic rings. The van der Waals surface area contributed by atoms with E-state index in [0.717, 1.165) is 20.8 Å². The molecule has 25 heavy (non-hydrogen) atoms. The van der Waals surface area contributed by atoms with Gasteiger partial charge < -0.3 is 24.8 Å². The van der Waals surface area contributed by atoms with Crippen LogP contribution in [0.2, 0.25) is 0 Å². The fraction of sp³-hybridized carbons (Fsp3) is 0.667. The molecule has 0 bridgehead atoms. The highest BCUT2D eigenvalue weighted by Gasteiger charge is 2.52. The number of ether oxygens (including phenoxy) is 3. The highest BCUT2D eigenvalue weighted by atomic mass is 35.5. The Balaban J connectivity index is 5.53. The number of esters is 1. The monoisotopic (exact) mass is 424 g/mol. The number of carboxylic acid groups (broad SMARTS) is 3. The number of carbonyl (C=O) groups excluding carboxylic acids is 1. The molecule has 0 aliphatic heterocycles. The Morgan fingerprint density at radius 2 is 1.04 bits per heavy atom. The number of alkyl halides is 3. The molecule has 0 amide bonds. The molecule has 0 aromatic rings. The van der Waals surface area contributed by atoms with Gasteiger partial charge in [-0.1, -0.05) is 34.8 Å². The van der Waals surface area contributed by atoms with E-state index in [1.807, 2.05) is 0 Å². The summed E-state index contributed by atoms with van der Waals surface area (Å²) in [7, 11) is 0. The van der Waals surface area contributed by atoms with Crippen molar-refractivity contribution in [3.8, 4) is 0 Å². The SMILES string of the molecule is CC(Cl)(OC(C)(Cl)C(=O)OC(C)(OC(C)(Cl)C(=O)O)C(=O)O)C(=O)O. The van der Waals surface area contributed by atoms with Gasteiger partial charge in [0.25, 0.3) is 0 Å². The number of carboxylic acids is 3. The first-order valence-electron chi connectivity index (χ1n) is 6.28. The molecule has 0 aromatic heterocycles. The Bertz CT molecular complexity index is 586. The third-order valence-electron chi connectivity index (χ3n) is 2.57. The molecule has 10 nitrogen and oxygen atoms in total. The van der Waals surface area contributed by atoms with Crippen molar-refractivity contribution in [2.24, 2.45) is 0 Å². The van der Waals surface area contributed by atoms with Gasteiger partial charge in [0.15, 0.2) is 0 Å². The van der Waals surface area contributed by atoms with Gasteiger partial charge in [0.2, 0.25) is 15.2 Å². The van der Waals surface area contributed by atoms with Crippen molar-refractivity contribution in [3.05, 3.63) is 0 Å². The Kier molecular flexibility index (Phi) is 7.10. The van der Waals surface area contributed by atoms with Crippen LogP contribution in [0.1, 0.15) is 27.7 Å². The van der Waals surface area contributed by atoms with E-state index in [0.29, 0.717) is 6.92 Å². The van der Waals surface area contributed by atoms with Gasteiger partial charge in [0.1, 0.15) is 0 Å². The van der Waals surface area contributed by atoms with Gasteiger partial charge in [-0.3, -0.25) is 4.74 Å². The van der Waals surface area contributed by atoms with Crippen molar-refractivity contribution in [2.45, 2.75) is 48.7 Å². The molecule has 0 fully saturated rings. The number of aliphatic carboxylic acids is 3. The topological polar surface area (TPSA) is 157 Å². The van der Waals surface area contributed by atoms with Crippen LogP contribution < -0.4 is 0 Å². The van der Waals surface area contributed by atoms with Crippen LogP contribution in [-0.2, 0) is 33.4 Å². The zero-order chi connectivity index (χ0) is 20.4. The van der Waals surface area contributed by atoms with Crippen LogP contribution in [0.4, 0.5) is 0 Å². The number of hydrogen-bond donors (Lipinski definition) is 3. The highest BCUT2D eigenvalue weighted by Crippen LogP contribution is 2.33. The molecule has 144 valence electrons. The van der Waals surface area contributed by atoms with E-state index >= 15 is 0 Å². The summed E-state index contributed by atoms with van der Waals surface area (Å²) in [4.78, 5) is 45.2. The lowest BCUT2D eigenvalue weighted by molar-refractivity contribution is -0.259. The molecule has 13 heteroatoms. The van der Waals surface area contributed by atoms with Crippen molar-refractivity contribution >= 4 is 58.7 Å². The molecule has 4 unspecified atom stereocenters. The summed E-state index contributed by atoms with van der Waals surface area (Å²) in [5.74, 6) is -9.89. The van der Waals surface area contributed by atoms with Gasteiger partial charge >= 0.3 is 29.7 Å². The number of rotatable bonds is 9. The van der Waals surface area contributed by atoms with Crippen LogP contribution in [0.25, 0.3) is 0 Å². The maximum absolute atomic E-state index is 12.1. The predicted molar refractivity (Wildman–Crippen MR) is 82.3 cm³/mol. The smallest absolute Gasteiger partial charge is 0.377 e. The maximum Gasteiger partial charge on any atom is 0.377 e. The standard InChI is InChI=1S/C12H15Cl3O10/c1-9(13,5(16)17)24-11(3,15)8(22)23-12(4,7(20)21)25-10(2,14)6(18)19/h1-4H3,(H,16,17)(H,18,19)(H,20,21). The summed E-state index contributed by atoms with van der Waals surface area (Å²) in [5, 5.41) is 19.3. The van der Waals surface area contributed by atoms with E-state index in [4.69, 9.17) is 54.9 Å². The van der Waals surface area contributed by atoms with Crippen molar-refractivity contribution in [2.75, 3.05) is 0 Å². The normalized spacial score (nSPS) is 20.9. The Labute approximate surface area is 156 Å². The van der Waals surface area contributed by atoms with Crippen molar-refractivity contribution in [1.29, 1.82) is 0 Å². The van der Waals surface area contributed by atoms with Crippen molar-refractivity contribution < 1.29 is 48.7 Å². The van der Waals surface area contributed by atoms with Crippen molar-refractivity contribution in [1.82, 2.24) is 0 Å². The zero-order valence-corrected chi connectivity index (χ0v) is 15.6. The van der Waals surface area contributed by atoms with Gasteiger partial charge in [-0.2, -0.15) is 0 Å². The quantitative estimate of drug-likeness (QED) is 0.280. The fourth-order valence-corrected chi connectivity index (χ4v) is 1.76. The van der Waals surface area contributed by atoms with E-state index < -0.39 is 44.8 Å². The minimum Gasteiger partial charge on any atom is -0.478 e. The minimum atomic E-state index is -2.89. The predicted octanol–water partition coefficient (Wildman–Crippen LogP) is 1.40. The second-order valence-corrected chi connectivity index (χ2v) is 7.37. The fourth-order valence-electron chi connectivity index (χ4n) is 1.23. The van der Waals surface area contributed by atoms with Crippen LogP contribution in [0.3, 0.4) is 0 Å². The lowest BCUT2D eigenvalue weighted by Crippen LogP contribution is -2.54. The van der Waals surface area contributed by atoms with Crippen LogP contribution in [0.15, 0.2) is 0 Å². The summed E-state index contributed by atoms with van der Waals surface area (Å²) >= 11 is 16.7. The summed E-state index contributed by atoms with van der Waals surface area (Å²) in [6, 6.07) is 0. The third kappa shape index (κ3) is 6.15. The van der Waals surface area contributed by atoms with Gasteiger partial charge in [-0.25, -0.2) is 19.2 Å². The van der Waals surface area contributed by atoms with E-state index in [2.05, 4.69) is 9.47 Å². The Morgan fingerprint density at radius 3 is 1.36 bits per heavy atom. The lowest BCUT2D eigenvalue weighted by Gasteiger charge is -2.34. The van der Waals surface area contributed by atoms with E-state index in [1.165, 1.54) is 0 Å². The molecular weight excluding hydrogens is 410 g/mol. The second kappa shape index (κ2) is 7.50. The molecular formula is C12H15Cl3O10. The molecule has 0 spiro atoms. The van der Waals surface area contributed by atoms with Crippen LogP contribution in [0, 0.1) is 0 Å². The third-order valence-corrected chi connectivity index (χ3v) is 3.28. The van der Waals surface area contributed by atoms with E-state index in [-0.39, 0.29) is 0 Å². The average Bonchev–Trinajstić information content (AvgIpc) is 2.35. The van der Waals surface area contributed by atoms with Crippen molar-refractivity contribution in [3.63, 3.8) is 0 Å². The molecule has 0 saturated carbocycles. The van der Waals surface area contributed by atoms with Gasteiger partial charge in [-0.05, 0) is 20.8 Å². The highest BCUT2D eigenvalue weighted by molar-refractivity contribution is 6.35. The van der Waals surface area contributed by atoms with Crippen LogP contribution in [-0.4, -0.2) is 60.2 Å². The number of hydrogen-bond acceptors (Lipinski definition) is 7. The second-order valence-electron chi connectivity index (χ2n) is 5.21. The van der Waals surface area contributed by atoms with Crippen LogP contribution >= 0.6 is 34.8 Å². The summed E-state index contributed by atoms with van der Waals surface area (Å²) in [6.07, 6.45) is 0. The van der Waals surface area contributed by atoms with Gasteiger partial charge in [0.05, 0.1) is 0 Å². The summed E-state index contributed by atoms with van der Waals surface area (Å²) in [6.45, 7) is 3.17. The molecule has 0 rings (SSSR count). The van der Waals surface area contributed by atoms with E-state index in [9.17, 15) is 19.2 Å². The molecule has 0 radical (unpaired) electrons. The first kappa shape index (κ1) is 23.7. The molecule has 0 saturated heterocycles. The number of carbonyl (C=O) groups is 4. The molecule has 3 N–H and O–H groups in total. The van der Waals surface area contributed by atoms with E-state index in [1.54, 1.807) is 0 Å². The first-order chi connectivity index (χ1) is 10.9. The van der Waals surface area contributed by atoms with Gasteiger partial charge in [0, 0.05) is 6.92 Å². The lowest BCUT2D eigenvalue weighted by atomic mass is 10.3.